The first-order valence-corrected chi connectivity index (χ1v) is 8.56. The summed E-state index contributed by atoms with van der Waals surface area (Å²) in [5, 5.41) is 5.62. The summed E-state index contributed by atoms with van der Waals surface area (Å²) in [6.45, 7) is 8.15. The van der Waals surface area contributed by atoms with Gasteiger partial charge in [-0.15, -0.1) is 0 Å². The highest BCUT2D eigenvalue weighted by atomic mass is 16.2. The highest BCUT2D eigenvalue weighted by Gasteiger charge is 2.12. The van der Waals surface area contributed by atoms with Gasteiger partial charge in [-0.3, -0.25) is 4.79 Å². The van der Waals surface area contributed by atoms with Crippen LogP contribution in [0.1, 0.15) is 56.8 Å². The van der Waals surface area contributed by atoms with Gasteiger partial charge in [0.25, 0.3) is 5.91 Å². The number of rotatable bonds is 9. The molecular weight excluding hydrogens is 290 g/mol. The molecule has 0 spiro atoms. The van der Waals surface area contributed by atoms with Crippen LogP contribution in [-0.4, -0.2) is 36.5 Å². The van der Waals surface area contributed by atoms with Crippen LogP contribution in [0.4, 0.5) is 10.5 Å². The number of hydrogen-bond donors (Lipinski definition) is 2. The Kier molecular flexibility index (Phi) is 8.80. The summed E-state index contributed by atoms with van der Waals surface area (Å²) in [5.41, 5.74) is 1.33. The maximum Gasteiger partial charge on any atom is 0.319 e. The second kappa shape index (κ2) is 10.6. The molecule has 0 unspecified atom stereocenters. The van der Waals surface area contributed by atoms with Crippen molar-refractivity contribution in [3.63, 3.8) is 0 Å². The molecule has 0 aromatic heterocycles. The molecule has 1 rings (SSSR count). The predicted molar refractivity (Wildman–Crippen MR) is 94.9 cm³/mol. The molecule has 3 amide bonds. The third kappa shape index (κ3) is 6.72. The van der Waals surface area contributed by atoms with Gasteiger partial charge >= 0.3 is 6.03 Å². The van der Waals surface area contributed by atoms with Gasteiger partial charge in [0.1, 0.15) is 0 Å². The Morgan fingerprint density at radius 3 is 2.17 bits per heavy atom. The first kappa shape index (κ1) is 19.0. The van der Waals surface area contributed by atoms with E-state index in [1.54, 1.807) is 29.2 Å². The normalized spacial score (nSPS) is 10.2. The zero-order valence-corrected chi connectivity index (χ0v) is 14.5. The zero-order valence-electron chi connectivity index (χ0n) is 14.5. The molecule has 0 saturated carbocycles. The van der Waals surface area contributed by atoms with E-state index in [-0.39, 0.29) is 11.9 Å². The summed E-state index contributed by atoms with van der Waals surface area (Å²) in [6.07, 6.45) is 4.52. The van der Waals surface area contributed by atoms with E-state index in [4.69, 9.17) is 0 Å². The van der Waals surface area contributed by atoms with Crippen LogP contribution >= 0.6 is 0 Å². The Bertz CT molecular complexity index is 482. The largest absolute Gasteiger partial charge is 0.339 e. The van der Waals surface area contributed by atoms with E-state index in [0.717, 1.165) is 12.8 Å². The van der Waals surface area contributed by atoms with Gasteiger partial charge in [-0.05, 0) is 44.5 Å². The molecule has 1 aromatic rings. The first-order chi connectivity index (χ1) is 11.1. The highest BCUT2D eigenvalue weighted by molar-refractivity contribution is 5.95. The number of amides is 3. The number of anilines is 1. The third-order valence-corrected chi connectivity index (χ3v) is 3.76. The fourth-order valence-electron chi connectivity index (χ4n) is 2.32. The number of nitrogens with zero attached hydrogens (tertiary/aromatic N) is 1. The van der Waals surface area contributed by atoms with Gasteiger partial charge < -0.3 is 15.5 Å². The molecule has 128 valence electrons. The number of nitrogens with one attached hydrogen (secondary N) is 2. The average molecular weight is 319 g/mol. The fraction of sp³-hybridized carbons (Fsp3) is 0.556. The molecule has 0 aliphatic carbocycles. The number of hydrogen-bond acceptors (Lipinski definition) is 2. The van der Waals surface area contributed by atoms with E-state index < -0.39 is 0 Å². The van der Waals surface area contributed by atoms with Crippen molar-refractivity contribution in [2.45, 2.75) is 46.5 Å². The maximum atomic E-state index is 12.2. The van der Waals surface area contributed by atoms with Crippen molar-refractivity contribution in [3.8, 4) is 0 Å². The minimum absolute atomic E-state index is 0.0157. The molecule has 0 bridgehead atoms. The van der Waals surface area contributed by atoms with E-state index in [9.17, 15) is 9.59 Å². The molecular formula is C18H29N3O2. The minimum atomic E-state index is -0.204. The molecule has 0 aliphatic heterocycles. The average Bonchev–Trinajstić information content (AvgIpc) is 2.56. The molecule has 0 radical (unpaired) electrons. The summed E-state index contributed by atoms with van der Waals surface area (Å²) < 4.78 is 0. The Morgan fingerprint density at radius 1 is 0.957 bits per heavy atom. The lowest BCUT2D eigenvalue weighted by atomic mass is 10.2. The van der Waals surface area contributed by atoms with Crippen LogP contribution in [0.5, 0.6) is 0 Å². The van der Waals surface area contributed by atoms with Crippen molar-refractivity contribution in [1.82, 2.24) is 10.2 Å². The van der Waals surface area contributed by atoms with Crippen molar-refractivity contribution < 1.29 is 9.59 Å². The topological polar surface area (TPSA) is 61.4 Å². The summed E-state index contributed by atoms with van der Waals surface area (Å²) in [7, 11) is 0. The number of urea groups is 1. The van der Waals surface area contributed by atoms with Gasteiger partial charge in [-0.25, -0.2) is 4.79 Å². The van der Waals surface area contributed by atoms with Crippen LogP contribution < -0.4 is 10.6 Å². The molecule has 0 aliphatic rings. The minimum Gasteiger partial charge on any atom is -0.339 e. The molecule has 23 heavy (non-hydrogen) atoms. The highest BCUT2D eigenvalue weighted by Crippen LogP contribution is 2.11. The van der Waals surface area contributed by atoms with Crippen molar-refractivity contribution in [2.75, 3.05) is 25.0 Å². The van der Waals surface area contributed by atoms with Gasteiger partial charge in [0, 0.05) is 30.9 Å². The Morgan fingerprint density at radius 2 is 1.61 bits per heavy atom. The molecule has 1 aromatic carbocycles. The lowest BCUT2D eigenvalue weighted by Gasteiger charge is -2.18. The monoisotopic (exact) mass is 319 g/mol. The number of unbranched alkanes of at least 4 members (excludes halogenated alkanes) is 3. The van der Waals surface area contributed by atoms with E-state index in [0.29, 0.717) is 30.9 Å². The summed E-state index contributed by atoms with van der Waals surface area (Å²) in [4.78, 5) is 25.7. The molecule has 2 N–H and O–H groups in total. The summed E-state index contributed by atoms with van der Waals surface area (Å²) in [5.74, 6) is 0.0157. The number of benzene rings is 1. The lowest BCUT2D eigenvalue weighted by Crippen LogP contribution is -2.30. The van der Waals surface area contributed by atoms with Gasteiger partial charge in [-0.2, -0.15) is 0 Å². The summed E-state index contributed by atoms with van der Waals surface area (Å²) >= 11 is 0. The Labute approximate surface area is 139 Å². The van der Waals surface area contributed by atoms with E-state index in [1.807, 2.05) is 13.8 Å². The van der Waals surface area contributed by atoms with Crippen molar-refractivity contribution in [1.29, 1.82) is 0 Å². The molecule has 0 heterocycles. The van der Waals surface area contributed by atoms with Crippen molar-refractivity contribution >= 4 is 17.6 Å². The first-order valence-electron chi connectivity index (χ1n) is 8.56. The van der Waals surface area contributed by atoms with E-state index in [1.165, 1.54) is 12.8 Å². The zero-order chi connectivity index (χ0) is 17.1. The third-order valence-electron chi connectivity index (χ3n) is 3.76. The number of carbonyl (C=O) groups excluding carboxylic acids is 2. The molecule has 0 fully saturated rings. The Balaban J connectivity index is 2.44. The van der Waals surface area contributed by atoms with Crippen LogP contribution in [-0.2, 0) is 0 Å². The standard InChI is InChI=1S/C18H29N3O2/c1-4-7-8-9-14-19-18(23)20-16-12-10-15(11-13-16)17(22)21(5-2)6-3/h10-13H,4-9,14H2,1-3H3,(H2,19,20,23). The second-order valence-corrected chi connectivity index (χ2v) is 5.50. The quantitative estimate of drug-likeness (QED) is 0.679. The fourth-order valence-corrected chi connectivity index (χ4v) is 2.32. The molecule has 5 heteroatoms. The van der Waals surface area contributed by atoms with Gasteiger partial charge in [0.2, 0.25) is 0 Å². The van der Waals surface area contributed by atoms with Gasteiger partial charge in [0.15, 0.2) is 0 Å². The van der Waals surface area contributed by atoms with Crippen LogP contribution in [0.15, 0.2) is 24.3 Å². The summed E-state index contributed by atoms with van der Waals surface area (Å²) in [6, 6.07) is 6.81. The van der Waals surface area contributed by atoms with Crippen molar-refractivity contribution in [2.24, 2.45) is 0 Å². The molecule has 0 atom stereocenters. The second-order valence-electron chi connectivity index (χ2n) is 5.50. The molecule has 5 nitrogen and oxygen atoms in total. The van der Waals surface area contributed by atoms with E-state index >= 15 is 0 Å². The lowest BCUT2D eigenvalue weighted by molar-refractivity contribution is 0.0773. The van der Waals surface area contributed by atoms with Gasteiger partial charge in [0.05, 0.1) is 0 Å². The van der Waals surface area contributed by atoms with Crippen molar-refractivity contribution in [3.05, 3.63) is 29.8 Å². The van der Waals surface area contributed by atoms with Crippen LogP contribution in [0.2, 0.25) is 0 Å². The Hall–Kier alpha value is -2.04. The SMILES string of the molecule is CCCCCCNC(=O)Nc1ccc(C(=O)N(CC)CC)cc1. The van der Waals surface area contributed by atoms with Crippen LogP contribution in [0, 0.1) is 0 Å². The smallest absolute Gasteiger partial charge is 0.319 e. The van der Waals surface area contributed by atoms with Gasteiger partial charge in [-0.1, -0.05) is 26.2 Å². The number of carbonyl (C=O) groups is 2. The van der Waals surface area contributed by atoms with E-state index in [2.05, 4.69) is 17.6 Å². The maximum absolute atomic E-state index is 12.2. The van der Waals surface area contributed by atoms with Crippen LogP contribution in [0.3, 0.4) is 0 Å². The predicted octanol–water partition coefficient (Wildman–Crippen LogP) is 3.87. The van der Waals surface area contributed by atoms with Crippen LogP contribution in [0.25, 0.3) is 0 Å². The molecule has 0 saturated heterocycles.